The molecule has 0 saturated carbocycles. The molecule has 0 saturated heterocycles. The molecule has 121 valence electrons. The lowest BCUT2D eigenvalue weighted by Crippen LogP contribution is -2.53. The maximum Gasteiger partial charge on any atom is -0.0113 e. The van der Waals surface area contributed by atoms with Gasteiger partial charge in [-0.3, -0.25) is 0 Å². The first-order valence-corrected chi connectivity index (χ1v) is 8.77. The van der Waals surface area contributed by atoms with Gasteiger partial charge in [0.15, 0.2) is 0 Å². The zero-order chi connectivity index (χ0) is 16.4. The largest absolute Gasteiger partial charge is 0.0651 e. The first-order valence-electron chi connectivity index (χ1n) is 8.77. The molecule has 0 heterocycles. The van der Waals surface area contributed by atoms with Crippen LogP contribution in [0, 0.1) is 34.0 Å². The molecule has 0 aromatic heterocycles. The summed E-state index contributed by atoms with van der Waals surface area (Å²) in [5.74, 6) is 3.25. The molecule has 1 radical (unpaired) electrons. The highest BCUT2D eigenvalue weighted by atomic mass is 14.6. The van der Waals surface area contributed by atoms with Gasteiger partial charge in [-0.1, -0.05) is 89.0 Å². The second kappa shape index (κ2) is 6.84. The maximum absolute atomic E-state index is 2.45. The maximum atomic E-state index is 2.45. The Hall–Kier alpha value is 0. The van der Waals surface area contributed by atoms with Gasteiger partial charge in [0, 0.05) is 0 Å². The number of rotatable bonds is 6. The quantitative estimate of drug-likeness (QED) is 0.485. The zero-order valence-corrected chi connectivity index (χ0v) is 16.3. The molecule has 2 unspecified atom stereocenters. The van der Waals surface area contributed by atoms with Gasteiger partial charge < -0.3 is 0 Å². The Morgan fingerprint density at radius 1 is 0.700 bits per heavy atom. The van der Waals surface area contributed by atoms with E-state index >= 15 is 0 Å². The highest BCUT2D eigenvalue weighted by molar-refractivity contribution is 5.19. The van der Waals surface area contributed by atoms with Crippen LogP contribution in [0.2, 0.25) is 0 Å². The van der Waals surface area contributed by atoms with Crippen LogP contribution in [0.15, 0.2) is 0 Å². The van der Waals surface area contributed by atoms with Gasteiger partial charge in [-0.05, 0) is 40.4 Å². The van der Waals surface area contributed by atoms with E-state index in [1.54, 1.807) is 0 Å². The third-order valence-electron chi connectivity index (χ3n) is 5.87. The summed E-state index contributed by atoms with van der Waals surface area (Å²) in [6.45, 7) is 26.7. The molecule has 0 bridgehead atoms. The van der Waals surface area contributed by atoms with Crippen molar-refractivity contribution in [1.29, 1.82) is 0 Å². The van der Waals surface area contributed by atoms with Crippen LogP contribution in [0.25, 0.3) is 0 Å². The topological polar surface area (TPSA) is 0 Å². The molecule has 0 aliphatic heterocycles. The van der Waals surface area contributed by atoms with Gasteiger partial charge in [0.1, 0.15) is 0 Å². The molecule has 0 fully saturated rings. The molecule has 0 aromatic carbocycles. The van der Waals surface area contributed by atoms with E-state index in [9.17, 15) is 0 Å². The van der Waals surface area contributed by atoms with E-state index in [1.165, 1.54) is 19.3 Å². The summed E-state index contributed by atoms with van der Waals surface area (Å²) in [5.41, 5.74) is 0.884. The van der Waals surface area contributed by atoms with Crippen LogP contribution in [0.3, 0.4) is 0 Å². The minimum atomic E-state index is 0.294. The van der Waals surface area contributed by atoms with Crippen LogP contribution in [-0.2, 0) is 0 Å². The standard InChI is InChI=1S/C20H41/c1-12-15(4)17(16(5)13-2)20(14-3,18(6,7)8)19(9,10)11/h15-16H,12-14H2,1-11H3. The van der Waals surface area contributed by atoms with E-state index in [-0.39, 0.29) is 0 Å². The Morgan fingerprint density at radius 3 is 1.15 bits per heavy atom. The minimum Gasteiger partial charge on any atom is -0.0651 e. The van der Waals surface area contributed by atoms with Crippen molar-refractivity contribution < 1.29 is 0 Å². The molecule has 0 heteroatoms. The van der Waals surface area contributed by atoms with Crippen LogP contribution < -0.4 is 0 Å². The van der Waals surface area contributed by atoms with Gasteiger partial charge in [-0.25, -0.2) is 0 Å². The second-order valence-electron chi connectivity index (χ2n) is 8.83. The summed E-state index contributed by atoms with van der Waals surface area (Å²) in [6, 6.07) is 0. The first-order chi connectivity index (χ1) is 8.90. The lowest BCUT2D eigenvalue weighted by atomic mass is 9.44. The Balaban J connectivity index is 6.17. The molecule has 0 aliphatic carbocycles. The molecular formula is C20H41. The van der Waals surface area contributed by atoms with Crippen molar-refractivity contribution in [2.45, 2.75) is 95.4 Å². The van der Waals surface area contributed by atoms with Crippen molar-refractivity contribution in [3.8, 4) is 0 Å². The lowest BCUT2D eigenvalue weighted by Gasteiger charge is -2.61. The van der Waals surface area contributed by atoms with Gasteiger partial charge >= 0.3 is 0 Å². The smallest absolute Gasteiger partial charge is 0.0113 e. The molecule has 0 aliphatic rings. The monoisotopic (exact) mass is 281 g/mol. The van der Waals surface area contributed by atoms with E-state index in [1.807, 2.05) is 5.92 Å². The molecule has 0 amide bonds. The minimum absolute atomic E-state index is 0.294. The fourth-order valence-electron chi connectivity index (χ4n) is 5.02. The highest BCUT2D eigenvalue weighted by Gasteiger charge is 2.56. The second-order valence-corrected chi connectivity index (χ2v) is 8.83. The third kappa shape index (κ3) is 3.42. The van der Waals surface area contributed by atoms with Crippen molar-refractivity contribution >= 4 is 0 Å². The van der Waals surface area contributed by atoms with E-state index in [2.05, 4.69) is 76.2 Å². The van der Waals surface area contributed by atoms with Crippen molar-refractivity contribution in [3.63, 3.8) is 0 Å². The summed E-state index contributed by atoms with van der Waals surface area (Å²) in [7, 11) is 0. The Morgan fingerprint density at radius 2 is 1.00 bits per heavy atom. The molecule has 2 atom stereocenters. The van der Waals surface area contributed by atoms with E-state index < -0.39 is 0 Å². The third-order valence-corrected chi connectivity index (χ3v) is 5.87. The Labute approximate surface area is 130 Å². The SMILES string of the molecule is CCC(C)[C](C(C)CC)C(CC)(C(C)(C)C)C(C)(C)C. The van der Waals surface area contributed by atoms with E-state index in [0.717, 1.165) is 0 Å². The van der Waals surface area contributed by atoms with Crippen LogP contribution >= 0.6 is 0 Å². The highest BCUT2D eigenvalue weighted by Crippen LogP contribution is 2.63. The van der Waals surface area contributed by atoms with Crippen molar-refractivity contribution in [2.24, 2.45) is 28.1 Å². The summed E-state index contributed by atoms with van der Waals surface area (Å²) in [4.78, 5) is 0. The Kier molecular flexibility index (Phi) is 6.84. The summed E-state index contributed by atoms with van der Waals surface area (Å²) < 4.78 is 0. The van der Waals surface area contributed by atoms with Crippen LogP contribution in [0.4, 0.5) is 0 Å². The van der Waals surface area contributed by atoms with Gasteiger partial charge in [0.2, 0.25) is 0 Å². The van der Waals surface area contributed by atoms with E-state index in [4.69, 9.17) is 0 Å². The molecule has 0 N–H and O–H groups in total. The van der Waals surface area contributed by atoms with Gasteiger partial charge in [-0.15, -0.1) is 0 Å². The molecule has 0 rings (SSSR count). The average Bonchev–Trinajstić information content (AvgIpc) is 2.30. The van der Waals surface area contributed by atoms with Crippen LogP contribution in [-0.4, -0.2) is 0 Å². The predicted octanol–water partition coefficient (Wildman–Crippen LogP) is 7.14. The summed E-state index contributed by atoms with van der Waals surface area (Å²) in [5, 5.41) is 0. The lowest BCUT2D eigenvalue weighted by molar-refractivity contribution is -0.0463. The van der Waals surface area contributed by atoms with Crippen molar-refractivity contribution in [2.75, 3.05) is 0 Å². The molecule has 0 aromatic rings. The van der Waals surface area contributed by atoms with Gasteiger partial charge in [0.25, 0.3) is 0 Å². The Bertz CT molecular complexity index is 249. The average molecular weight is 282 g/mol. The normalized spacial score (nSPS) is 17.4. The molecule has 0 nitrogen and oxygen atoms in total. The first kappa shape index (κ1) is 20.0. The van der Waals surface area contributed by atoms with Crippen molar-refractivity contribution in [1.82, 2.24) is 0 Å². The summed E-state index contributed by atoms with van der Waals surface area (Å²) in [6.07, 6.45) is 3.76. The molecule has 0 spiro atoms. The van der Waals surface area contributed by atoms with E-state index in [0.29, 0.717) is 28.1 Å². The van der Waals surface area contributed by atoms with Crippen molar-refractivity contribution in [3.05, 3.63) is 5.92 Å². The fraction of sp³-hybridized carbons (Fsp3) is 0.950. The zero-order valence-electron chi connectivity index (χ0n) is 16.3. The van der Waals surface area contributed by atoms with Crippen LogP contribution in [0.1, 0.15) is 95.4 Å². The predicted molar refractivity (Wildman–Crippen MR) is 93.8 cm³/mol. The number of hydrogen-bond donors (Lipinski definition) is 0. The molecule has 20 heavy (non-hydrogen) atoms. The molecular weight excluding hydrogens is 240 g/mol. The van der Waals surface area contributed by atoms with Gasteiger partial charge in [-0.2, -0.15) is 0 Å². The number of hydrogen-bond acceptors (Lipinski definition) is 0. The summed E-state index contributed by atoms with van der Waals surface area (Å²) >= 11 is 0. The van der Waals surface area contributed by atoms with Gasteiger partial charge in [0.05, 0.1) is 0 Å². The fourth-order valence-corrected chi connectivity index (χ4v) is 5.02. The van der Waals surface area contributed by atoms with Crippen LogP contribution in [0.5, 0.6) is 0 Å².